The van der Waals surface area contributed by atoms with Crippen molar-refractivity contribution in [1.82, 2.24) is 20.2 Å². The maximum Gasteiger partial charge on any atom is 0.337 e. The van der Waals surface area contributed by atoms with Crippen molar-refractivity contribution in [2.75, 3.05) is 20.1 Å². The van der Waals surface area contributed by atoms with Gasteiger partial charge in [0.15, 0.2) is 0 Å². The predicted molar refractivity (Wildman–Crippen MR) is 131 cm³/mol. The normalized spacial score (nSPS) is 15.6. The van der Waals surface area contributed by atoms with Gasteiger partial charge in [0.1, 0.15) is 11.5 Å². The van der Waals surface area contributed by atoms with Crippen LogP contribution >= 0.6 is 0 Å². The van der Waals surface area contributed by atoms with E-state index in [1.807, 2.05) is 0 Å². The van der Waals surface area contributed by atoms with E-state index in [0.717, 1.165) is 0 Å². The Balaban J connectivity index is 1.53. The number of amides is 2. The molecule has 2 amide bonds. The van der Waals surface area contributed by atoms with Crippen molar-refractivity contribution in [2.24, 2.45) is 0 Å². The van der Waals surface area contributed by atoms with Crippen LogP contribution in [0, 0.1) is 5.82 Å². The molecule has 1 atom stereocenters. The Morgan fingerprint density at radius 3 is 2.50 bits per heavy atom. The van der Waals surface area contributed by atoms with E-state index in [-0.39, 0.29) is 34.6 Å². The highest BCUT2D eigenvalue weighted by molar-refractivity contribution is 5.92. The SMILES string of the molecule is CNC(=O)c1ccc(-c2ccc(C(C)(C)C(=O)N3CCC(c4ccncc4C(=O)O)C3)c(F)c2)cn1. The van der Waals surface area contributed by atoms with Crippen LogP contribution in [0.3, 0.4) is 0 Å². The van der Waals surface area contributed by atoms with Crippen molar-refractivity contribution in [3.05, 3.63) is 83.2 Å². The second kappa shape index (κ2) is 9.85. The van der Waals surface area contributed by atoms with Gasteiger partial charge in [-0.25, -0.2) is 9.18 Å². The molecule has 2 aromatic heterocycles. The number of likely N-dealkylation sites (tertiary alicyclic amines) is 1. The molecule has 0 bridgehead atoms. The molecule has 0 aliphatic carbocycles. The third-order valence-electron chi connectivity index (χ3n) is 6.73. The van der Waals surface area contributed by atoms with Gasteiger partial charge in [-0.15, -0.1) is 0 Å². The zero-order valence-corrected chi connectivity index (χ0v) is 20.3. The highest BCUT2D eigenvalue weighted by Gasteiger charge is 2.39. The van der Waals surface area contributed by atoms with Gasteiger partial charge in [0, 0.05) is 55.8 Å². The lowest BCUT2D eigenvalue weighted by molar-refractivity contribution is -0.135. The molecule has 0 saturated carbocycles. The van der Waals surface area contributed by atoms with Gasteiger partial charge in [0.05, 0.1) is 11.0 Å². The van der Waals surface area contributed by atoms with Crippen LogP contribution < -0.4 is 5.32 Å². The maximum absolute atomic E-state index is 15.3. The van der Waals surface area contributed by atoms with Crippen LogP contribution in [0.5, 0.6) is 0 Å². The van der Waals surface area contributed by atoms with E-state index in [4.69, 9.17) is 0 Å². The Morgan fingerprint density at radius 2 is 1.86 bits per heavy atom. The number of carbonyl (C=O) groups is 3. The number of halogens is 1. The number of carboxylic acids is 1. The molecule has 4 rings (SSSR count). The van der Waals surface area contributed by atoms with Gasteiger partial charge >= 0.3 is 5.97 Å². The standard InChI is InChI=1S/C27H27FN4O4/c1-27(2,26(36)32-11-9-18(15-32)19-8-10-30-14-20(19)25(34)35)21-6-4-16(12-22(21)28)17-5-7-23(31-13-17)24(33)29-3/h4-8,10,12-14,18H,9,11,15H2,1-3H3,(H,29,33)(H,34,35). The molecule has 1 fully saturated rings. The highest BCUT2D eigenvalue weighted by Crippen LogP contribution is 2.35. The average Bonchev–Trinajstić information content (AvgIpc) is 3.37. The van der Waals surface area contributed by atoms with Gasteiger partial charge in [0.25, 0.3) is 5.91 Å². The van der Waals surface area contributed by atoms with Gasteiger partial charge < -0.3 is 15.3 Å². The molecule has 36 heavy (non-hydrogen) atoms. The summed E-state index contributed by atoms with van der Waals surface area (Å²) < 4.78 is 15.3. The minimum atomic E-state index is -1.13. The zero-order valence-electron chi connectivity index (χ0n) is 20.3. The lowest BCUT2D eigenvalue weighted by Crippen LogP contribution is -2.42. The quantitative estimate of drug-likeness (QED) is 0.546. The van der Waals surface area contributed by atoms with Crippen molar-refractivity contribution in [3.63, 3.8) is 0 Å². The van der Waals surface area contributed by atoms with E-state index in [1.54, 1.807) is 55.3 Å². The largest absolute Gasteiger partial charge is 0.478 e. The summed E-state index contributed by atoms with van der Waals surface area (Å²) >= 11 is 0. The monoisotopic (exact) mass is 490 g/mol. The number of hydrogen-bond donors (Lipinski definition) is 2. The number of nitrogens with one attached hydrogen (secondary N) is 1. The van der Waals surface area contributed by atoms with Gasteiger partial charge in [-0.05, 0) is 49.6 Å². The molecule has 3 aromatic rings. The van der Waals surface area contributed by atoms with E-state index in [0.29, 0.717) is 36.2 Å². The zero-order chi connectivity index (χ0) is 26.0. The summed E-state index contributed by atoms with van der Waals surface area (Å²) in [6.45, 7) is 4.19. The van der Waals surface area contributed by atoms with Crippen LogP contribution in [0.25, 0.3) is 11.1 Å². The molecule has 1 aliphatic heterocycles. The number of rotatable bonds is 6. The third-order valence-corrected chi connectivity index (χ3v) is 6.73. The molecule has 1 aromatic carbocycles. The van der Waals surface area contributed by atoms with Crippen molar-refractivity contribution in [2.45, 2.75) is 31.6 Å². The number of nitrogens with zero attached hydrogens (tertiary/aromatic N) is 3. The fourth-order valence-corrected chi connectivity index (χ4v) is 4.68. The van der Waals surface area contributed by atoms with Gasteiger partial charge in [0.2, 0.25) is 5.91 Å². The number of aromatic nitrogens is 2. The van der Waals surface area contributed by atoms with Crippen LogP contribution in [-0.2, 0) is 10.2 Å². The number of aromatic carboxylic acids is 1. The number of pyridine rings is 2. The molecule has 3 heterocycles. The van der Waals surface area contributed by atoms with Crippen molar-refractivity contribution >= 4 is 17.8 Å². The maximum atomic E-state index is 15.3. The average molecular weight is 491 g/mol. The summed E-state index contributed by atoms with van der Waals surface area (Å²) in [6.07, 6.45) is 5.00. The van der Waals surface area contributed by atoms with Crippen LogP contribution in [-0.4, -0.2) is 57.9 Å². The summed E-state index contributed by atoms with van der Waals surface area (Å²) in [7, 11) is 1.52. The Morgan fingerprint density at radius 1 is 1.11 bits per heavy atom. The van der Waals surface area contributed by atoms with Crippen LogP contribution in [0.1, 0.15) is 58.2 Å². The molecule has 9 heteroatoms. The summed E-state index contributed by atoms with van der Waals surface area (Å²) in [5.41, 5.74) is 1.41. The van der Waals surface area contributed by atoms with Gasteiger partial charge in [-0.3, -0.25) is 19.6 Å². The van der Waals surface area contributed by atoms with E-state index < -0.39 is 17.2 Å². The first-order chi connectivity index (χ1) is 17.1. The van der Waals surface area contributed by atoms with Gasteiger partial charge in [-0.1, -0.05) is 18.2 Å². The van der Waals surface area contributed by atoms with E-state index in [1.165, 1.54) is 25.5 Å². The minimum Gasteiger partial charge on any atom is -0.478 e. The second-order valence-corrected chi connectivity index (χ2v) is 9.34. The fourth-order valence-electron chi connectivity index (χ4n) is 4.68. The smallest absolute Gasteiger partial charge is 0.337 e. The first-order valence-corrected chi connectivity index (χ1v) is 11.6. The summed E-state index contributed by atoms with van der Waals surface area (Å²) in [5.74, 6) is -2.23. The van der Waals surface area contributed by atoms with Gasteiger partial charge in [-0.2, -0.15) is 0 Å². The first-order valence-electron chi connectivity index (χ1n) is 11.6. The highest BCUT2D eigenvalue weighted by atomic mass is 19.1. The molecule has 8 nitrogen and oxygen atoms in total. The molecule has 1 unspecified atom stereocenters. The topological polar surface area (TPSA) is 112 Å². The van der Waals surface area contributed by atoms with Crippen LogP contribution in [0.15, 0.2) is 55.0 Å². The second-order valence-electron chi connectivity index (χ2n) is 9.34. The Kier molecular flexibility index (Phi) is 6.83. The van der Waals surface area contributed by atoms with Crippen molar-refractivity contribution in [1.29, 1.82) is 0 Å². The summed E-state index contributed by atoms with van der Waals surface area (Å²) in [5, 5.41) is 12.0. The van der Waals surface area contributed by atoms with Crippen molar-refractivity contribution in [3.8, 4) is 11.1 Å². The molecular formula is C27H27FN4O4. The Hall–Kier alpha value is -4.14. The van der Waals surface area contributed by atoms with E-state index in [9.17, 15) is 19.5 Å². The molecule has 0 spiro atoms. The summed E-state index contributed by atoms with van der Waals surface area (Å²) in [4.78, 5) is 46.5. The summed E-state index contributed by atoms with van der Waals surface area (Å²) in [6, 6.07) is 9.64. The molecule has 1 saturated heterocycles. The Labute approximate surface area is 208 Å². The van der Waals surface area contributed by atoms with Crippen LogP contribution in [0.4, 0.5) is 4.39 Å². The number of carbonyl (C=O) groups excluding carboxylic acids is 2. The lowest BCUT2D eigenvalue weighted by atomic mass is 9.82. The van der Waals surface area contributed by atoms with E-state index >= 15 is 4.39 Å². The Bertz CT molecular complexity index is 1320. The third kappa shape index (κ3) is 4.68. The minimum absolute atomic E-state index is 0.128. The molecular weight excluding hydrogens is 463 g/mol. The van der Waals surface area contributed by atoms with Crippen molar-refractivity contribution < 1.29 is 23.9 Å². The van der Waals surface area contributed by atoms with E-state index in [2.05, 4.69) is 15.3 Å². The lowest BCUT2D eigenvalue weighted by Gasteiger charge is -2.30. The number of benzene rings is 1. The first kappa shape index (κ1) is 25.0. The predicted octanol–water partition coefficient (Wildman–Crippen LogP) is 3.63. The van der Waals surface area contributed by atoms with Crippen LogP contribution in [0.2, 0.25) is 0 Å². The number of carboxylic acid groups (broad SMARTS) is 1. The fraction of sp³-hybridized carbons (Fsp3) is 0.296. The molecule has 1 aliphatic rings. The molecule has 0 radical (unpaired) electrons. The molecule has 2 N–H and O–H groups in total. The molecule has 186 valence electrons. The number of hydrogen-bond acceptors (Lipinski definition) is 5.